The van der Waals surface area contributed by atoms with Crippen LogP contribution in [0.25, 0.3) is 0 Å². The van der Waals surface area contributed by atoms with Gasteiger partial charge in [-0.25, -0.2) is 0 Å². The van der Waals surface area contributed by atoms with Crippen LogP contribution in [0, 0.1) is 0 Å². The third-order valence-corrected chi connectivity index (χ3v) is 3.31. The lowest BCUT2D eigenvalue weighted by molar-refractivity contribution is -0.127. The minimum Gasteiger partial charge on any atom is -0.481 e. The van der Waals surface area contributed by atoms with E-state index in [0.29, 0.717) is 13.1 Å². The van der Waals surface area contributed by atoms with Crippen molar-refractivity contribution < 1.29 is 9.53 Å². The second-order valence-corrected chi connectivity index (χ2v) is 6.32. The highest BCUT2D eigenvalue weighted by Gasteiger charge is 2.17. The van der Waals surface area contributed by atoms with Gasteiger partial charge >= 0.3 is 0 Å². The second-order valence-electron chi connectivity index (χ2n) is 6.32. The molecule has 0 saturated carbocycles. The number of carbonyl (C=O) groups is 1. The van der Waals surface area contributed by atoms with E-state index < -0.39 is 6.10 Å². The van der Waals surface area contributed by atoms with E-state index in [1.165, 1.54) is 5.56 Å². The lowest BCUT2D eigenvalue weighted by Crippen LogP contribution is -2.37. The number of hydrogen-bond acceptors (Lipinski definition) is 3. The van der Waals surface area contributed by atoms with Crippen LogP contribution in [0.5, 0.6) is 5.75 Å². The Kier molecular flexibility index (Phi) is 6.69. The van der Waals surface area contributed by atoms with Crippen molar-refractivity contribution in [3.8, 4) is 5.75 Å². The average Bonchev–Trinajstić information content (AvgIpc) is 2.42. The molecule has 4 nitrogen and oxygen atoms in total. The summed E-state index contributed by atoms with van der Waals surface area (Å²) in [6, 6.07) is 7.91. The fourth-order valence-corrected chi connectivity index (χ4v) is 1.92. The van der Waals surface area contributed by atoms with Gasteiger partial charge in [0.1, 0.15) is 5.75 Å². The fraction of sp³-hybridized carbons (Fsp3) is 0.588. The van der Waals surface area contributed by atoms with Crippen LogP contribution in [0.2, 0.25) is 0 Å². The maximum absolute atomic E-state index is 11.9. The number of unbranched alkanes of at least 4 members (excludes halogenated alkanes) is 1. The smallest absolute Gasteiger partial charge is 0.260 e. The van der Waals surface area contributed by atoms with Crippen LogP contribution in [-0.4, -0.2) is 25.1 Å². The molecular weight excluding hydrogens is 264 g/mol. The van der Waals surface area contributed by atoms with E-state index in [2.05, 4.69) is 32.2 Å². The maximum atomic E-state index is 11.9. The van der Waals surface area contributed by atoms with Crippen molar-refractivity contribution >= 4 is 5.91 Å². The highest BCUT2D eigenvalue weighted by Crippen LogP contribution is 2.26. The minimum absolute atomic E-state index is 0.0626. The van der Waals surface area contributed by atoms with E-state index in [0.717, 1.165) is 18.6 Å². The zero-order valence-corrected chi connectivity index (χ0v) is 13.6. The molecule has 0 aromatic heterocycles. The summed E-state index contributed by atoms with van der Waals surface area (Å²) in [7, 11) is 0. The SMILES string of the molecule is CC(Oc1cccc(C(C)(C)C)c1)C(=O)NCCCCN. The van der Waals surface area contributed by atoms with Crippen molar-refractivity contribution in [1.29, 1.82) is 0 Å². The summed E-state index contributed by atoms with van der Waals surface area (Å²) in [4.78, 5) is 11.9. The Balaban J connectivity index is 2.54. The molecule has 1 rings (SSSR count). The highest BCUT2D eigenvalue weighted by molar-refractivity contribution is 5.80. The van der Waals surface area contributed by atoms with Crippen molar-refractivity contribution in [2.45, 2.75) is 52.1 Å². The number of rotatable bonds is 7. The van der Waals surface area contributed by atoms with Gasteiger partial charge < -0.3 is 15.8 Å². The van der Waals surface area contributed by atoms with E-state index in [1.54, 1.807) is 6.92 Å². The number of amides is 1. The van der Waals surface area contributed by atoms with Crippen LogP contribution in [0.3, 0.4) is 0 Å². The van der Waals surface area contributed by atoms with Gasteiger partial charge in [-0.2, -0.15) is 0 Å². The Morgan fingerprint density at radius 1 is 1.33 bits per heavy atom. The maximum Gasteiger partial charge on any atom is 0.260 e. The van der Waals surface area contributed by atoms with Crippen molar-refractivity contribution in [2.24, 2.45) is 5.73 Å². The quantitative estimate of drug-likeness (QED) is 0.759. The molecule has 0 fully saturated rings. The normalized spacial score (nSPS) is 12.8. The third-order valence-electron chi connectivity index (χ3n) is 3.31. The molecule has 4 heteroatoms. The summed E-state index contributed by atoms with van der Waals surface area (Å²) in [6.07, 6.45) is 1.32. The lowest BCUT2D eigenvalue weighted by atomic mass is 9.87. The van der Waals surface area contributed by atoms with Crippen LogP contribution in [0.4, 0.5) is 0 Å². The average molecular weight is 292 g/mol. The van der Waals surface area contributed by atoms with Gasteiger partial charge in [0.2, 0.25) is 0 Å². The first-order valence-electron chi connectivity index (χ1n) is 7.59. The zero-order valence-electron chi connectivity index (χ0n) is 13.6. The number of ether oxygens (including phenoxy) is 1. The number of benzene rings is 1. The predicted octanol–water partition coefficient (Wildman–Crippen LogP) is 2.61. The summed E-state index contributed by atoms with van der Waals surface area (Å²) in [5.41, 5.74) is 6.67. The standard InChI is InChI=1S/C17H28N2O2/c1-13(16(20)19-11-6-5-10-18)21-15-9-7-8-14(12-15)17(2,3)4/h7-9,12-13H,5-6,10-11,18H2,1-4H3,(H,19,20). The third kappa shape index (κ3) is 6.17. The molecule has 0 aliphatic carbocycles. The summed E-state index contributed by atoms with van der Waals surface area (Å²) in [6.45, 7) is 9.52. The van der Waals surface area contributed by atoms with Gasteiger partial charge in [-0.15, -0.1) is 0 Å². The van der Waals surface area contributed by atoms with Crippen LogP contribution >= 0.6 is 0 Å². The molecule has 1 amide bonds. The molecule has 0 aliphatic heterocycles. The predicted molar refractivity (Wildman–Crippen MR) is 86.5 cm³/mol. The Bertz CT molecular complexity index is 452. The summed E-state index contributed by atoms with van der Waals surface area (Å²) in [5, 5.41) is 2.86. The van der Waals surface area contributed by atoms with Crippen LogP contribution < -0.4 is 15.8 Å². The van der Waals surface area contributed by atoms with E-state index in [4.69, 9.17) is 10.5 Å². The first-order valence-corrected chi connectivity index (χ1v) is 7.59. The summed E-state index contributed by atoms with van der Waals surface area (Å²) >= 11 is 0. The molecule has 0 aliphatic rings. The molecule has 0 bridgehead atoms. The Morgan fingerprint density at radius 2 is 2.05 bits per heavy atom. The molecular formula is C17H28N2O2. The fourth-order valence-electron chi connectivity index (χ4n) is 1.92. The topological polar surface area (TPSA) is 64.3 Å². The van der Waals surface area contributed by atoms with Crippen molar-refractivity contribution in [1.82, 2.24) is 5.32 Å². The van der Waals surface area contributed by atoms with Crippen LogP contribution in [0.15, 0.2) is 24.3 Å². The minimum atomic E-state index is -0.502. The Morgan fingerprint density at radius 3 is 2.67 bits per heavy atom. The van der Waals surface area contributed by atoms with E-state index in [1.807, 2.05) is 18.2 Å². The van der Waals surface area contributed by atoms with E-state index in [9.17, 15) is 4.79 Å². The van der Waals surface area contributed by atoms with Crippen LogP contribution in [0.1, 0.15) is 46.1 Å². The molecule has 1 aromatic rings. The van der Waals surface area contributed by atoms with Gasteiger partial charge in [0.25, 0.3) is 5.91 Å². The van der Waals surface area contributed by atoms with Crippen molar-refractivity contribution in [2.75, 3.05) is 13.1 Å². The van der Waals surface area contributed by atoms with Crippen molar-refractivity contribution in [3.05, 3.63) is 29.8 Å². The summed E-state index contributed by atoms with van der Waals surface area (Å²) in [5.74, 6) is 0.639. The molecule has 3 N–H and O–H groups in total. The first kappa shape index (κ1) is 17.5. The molecule has 0 spiro atoms. The highest BCUT2D eigenvalue weighted by atomic mass is 16.5. The first-order chi connectivity index (χ1) is 9.84. The summed E-state index contributed by atoms with van der Waals surface area (Å²) < 4.78 is 5.73. The molecule has 0 heterocycles. The molecule has 0 radical (unpaired) electrons. The van der Waals surface area contributed by atoms with Gasteiger partial charge in [0.15, 0.2) is 6.10 Å². The Hall–Kier alpha value is -1.55. The largest absolute Gasteiger partial charge is 0.481 e. The van der Waals surface area contributed by atoms with Crippen LogP contribution in [-0.2, 0) is 10.2 Å². The van der Waals surface area contributed by atoms with E-state index in [-0.39, 0.29) is 11.3 Å². The van der Waals surface area contributed by atoms with Crippen molar-refractivity contribution in [3.63, 3.8) is 0 Å². The number of carbonyl (C=O) groups excluding carboxylic acids is 1. The van der Waals surface area contributed by atoms with Gasteiger partial charge in [0, 0.05) is 6.54 Å². The monoisotopic (exact) mass is 292 g/mol. The Labute approximate surface area is 128 Å². The second kappa shape index (κ2) is 8.03. The molecule has 118 valence electrons. The number of nitrogens with two attached hydrogens (primary N) is 1. The molecule has 1 unspecified atom stereocenters. The molecule has 1 atom stereocenters. The van der Waals surface area contributed by atoms with Gasteiger partial charge in [0.05, 0.1) is 0 Å². The molecule has 21 heavy (non-hydrogen) atoms. The number of hydrogen-bond donors (Lipinski definition) is 2. The molecule has 1 aromatic carbocycles. The van der Waals surface area contributed by atoms with Gasteiger partial charge in [-0.3, -0.25) is 4.79 Å². The zero-order chi connectivity index (χ0) is 15.9. The van der Waals surface area contributed by atoms with Gasteiger partial charge in [-0.1, -0.05) is 32.9 Å². The number of nitrogens with one attached hydrogen (secondary N) is 1. The van der Waals surface area contributed by atoms with Gasteiger partial charge in [-0.05, 0) is 49.4 Å². The van der Waals surface area contributed by atoms with E-state index >= 15 is 0 Å². The lowest BCUT2D eigenvalue weighted by Gasteiger charge is -2.21. The molecule has 0 saturated heterocycles.